The summed E-state index contributed by atoms with van der Waals surface area (Å²) in [5.41, 5.74) is -0.278. The van der Waals surface area contributed by atoms with E-state index in [1.165, 1.54) is 13.8 Å². The maximum Gasteiger partial charge on any atom is 0.432 e. The number of rotatable bonds is 9. The third kappa shape index (κ3) is 6.91. The van der Waals surface area contributed by atoms with Crippen LogP contribution in [0.1, 0.15) is 98.8 Å². The SMILES string of the molecule is CC(=O)O[C@@H]1CC[C@@]2(C)C(C1)C[C@@H](OC(C)=O)[C@H]1[C@@H]3CC[C@H]([C@H](C)CCC(=O)OC(C(F)(F)F)C(F)(F)S(=O)(=O)O)[C@@]3(C)CC[C@@H]12. The van der Waals surface area contributed by atoms with Gasteiger partial charge in [0.2, 0.25) is 0 Å². The number of alkyl halides is 5. The van der Waals surface area contributed by atoms with E-state index in [0.717, 1.165) is 38.5 Å². The molecule has 264 valence electrons. The molecule has 4 rings (SSSR count). The van der Waals surface area contributed by atoms with Crippen LogP contribution in [0.4, 0.5) is 22.0 Å². The molecule has 0 aliphatic heterocycles. The Kier molecular flexibility index (Phi) is 10.2. The van der Waals surface area contributed by atoms with Crippen molar-refractivity contribution >= 4 is 28.0 Å². The highest BCUT2D eigenvalue weighted by Gasteiger charge is 2.66. The molecule has 4 fully saturated rings. The molecule has 0 aromatic carbocycles. The van der Waals surface area contributed by atoms with Gasteiger partial charge in [-0.05, 0) is 98.2 Å². The summed E-state index contributed by atoms with van der Waals surface area (Å²) < 4.78 is 114. The average molecular weight is 689 g/mol. The number of hydrogen-bond acceptors (Lipinski definition) is 8. The molecule has 0 heterocycles. The third-order valence-electron chi connectivity index (χ3n) is 12.0. The molecule has 4 aliphatic rings. The summed E-state index contributed by atoms with van der Waals surface area (Å²) in [6, 6.07) is 0. The van der Waals surface area contributed by atoms with Gasteiger partial charge < -0.3 is 14.2 Å². The number of carbonyl (C=O) groups excluding carboxylic acids is 3. The lowest BCUT2D eigenvalue weighted by molar-refractivity contribution is -0.259. The maximum atomic E-state index is 13.9. The van der Waals surface area contributed by atoms with Crippen LogP contribution in [-0.4, -0.2) is 60.6 Å². The first-order valence-corrected chi connectivity index (χ1v) is 17.4. The van der Waals surface area contributed by atoms with E-state index in [1.54, 1.807) is 0 Å². The van der Waals surface area contributed by atoms with Gasteiger partial charge in [-0.3, -0.25) is 18.9 Å². The first kappa shape index (κ1) is 36.8. The summed E-state index contributed by atoms with van der Waals surface area (Å²) in [5.74, 6) is -1.81. The van der Waals surface area contributed by atoms with Crippen LogP contribution in [0, 0.1) is 46.3 Å². The Morgan fingerprint density at radius 3 is 2.04 bits per heavy atom. The van der Waals surface area contributed by atoms with E-state index in [9.17, 15) is 44.8 Å². The van der Waals surface area contributed by atoms with Crippen molar-refractivity contribution in [2.75, 3.05) is 0 Å². The summed E-state index contributed by atoms with van der Waals surface area (Å²) in [7, 11) is -6.52. The molecule has 0 bridgehead atoms. The Morgan fingerprint density at radius 2 is 1.48 bits per heavy atom. The van der Waals surface area contributed by atoms with Gasteiger partial charge >= 0.3 is 39.5 Å². The van der Waals surface area contributed by atoms with Crippen molar-refractivity contribution in [1.29, 1.82) is 0 Å². The van der Waals surface area contributed by atoms with Crippen LogP contribution in [-0.2, 0) is 38.7 Å². The molecule has 4 saturated carbocycles. The zero-order valence-electron chi connectivity index (χ0n) is 26.8. The van der Waals surface area contributed by atoms with E-state index in [1.807, 2.05) is 6.92 Å². The topological polar surface area (TPSA) is 133 Å². The second-order valence-electron chi connectivity index (χ2n) is 14.6. The minimum absolute atomic E-state index is 0.0205. The molecule has 0 aromatic rings. The predicted molar refractivity (Wildman–Crippen MR) is 153 cm³/mol. The largest absolute Gasteiger partial charge is 0.463 e. The maximum absolute atomic E-state index is 13.9. The normalized spacial score (nSPS) is 37.6. The van der Waals surface area contributed by atoms with Crippen molar-refractivity contribution in [1.82, 2.24) is 0 Å². The molecule has 0 spiro atoms. The fraction of sp³-hybridized carbons (Fsp3) is 0.903. The first-order valence-electron chi connectivity index (χ1n) is 16.0. The lowest BCUT2D eigenvalue weighted by atomic mass is 9.43. The van der Waals surface area contributed by atoms with Gasteiger partial charge in [0.05, 0.1) is 0 Å². The van der Waals surface area contributed by atoms with Crippen molar-refractivity contribution in [3.8, 4) is 0 Å². The smallest absolute Gasteiger partial charge is 0.432 e. The first-order chi connectivity index (χ1) is 21.0. The van der Waals surface area contributed by atoms with Gasteiger partial charge in [0.15, 0.2) is 0 Å². The van der Waals surface area contributed by atoms with Gasteiger partial charge in [0, 0.05) is 26.2 Å². The highest BCUT2D eigenvalue weighted by Crippen LogP contribution is 2.69. The third-order valence-corrected chi connectivity index (χ3v) is 12.9. The summed E-state index contributed by atoms with van der Waals surface area (Å²) in [5, 5.41) is -5.77. The number of fused-ring (bicyclic) bond motifs is 5. The molecular weight excluding hydrogens is 643 g/mol. The number of carbonyl (C=O) groups is 3. The minimum atomic E-state index is -6.52. The zero-order valence-corrected chi connectivity index (χ0v) is 27.6. The summed E-state index contributed by atoms with van der Waals surface area (Å²) in [6.45, 7) is 9.11. The van der Waals surface area contributed by atoms with Crippen LogP contribution in [0.3, 0.4) is 0 Å². The Labute approximate surface area is 266 Å². The van der Waals surface area contributed by atoms with Gasteiger partial charge in [-0.2, -0.15) is 30.4 Å². The molecule has 0 saturated heterocycles. The molecule has 46 heavy (non-hydrogen) atoms. The number of hydrogen-bond donors (Lipinski definition) is 1. The number of halogens is 5. The van der Waals surface area contributed by atoms with E-state index in [4.69, 9.17) is 14.0 Å². The molecule has 0 radical (unpaired) electrons. The van der Waals surface area contributed by atoms with E-state index < -0.39 is 40.0 Å². The van der Waals surface area contributed by atoms with Crippen molar-refractivity contribution in [3.63, 3.8) is 0 Å². The highest BCUT2D eigenvalue weighted by atomic mass is 32.2. The second kappa shape index (κ2) is 12.8. The highest BCUT2D eigenvalue weighted by molar-refractivity contribution is 7.86. The zero-order chi connectivity index (χ0) is 34.6. The van der Waals surface area contributed by atoms with Crippen molar-refractivity contribution in [3.05, 3.63) is 0 Å². The Balaban J connectivity index is 1.48. The second-order valence-corrected chi connectivity index (χ2v) is 16.1. The predicted octanol–water partition coefficient (Wildman–Crippen LogP) is 6.49. The lowest BCUT2D eigenvalue weighted by Crippen LogP contribution is -2.59. The van der Waals surface area contributed by atoms with Crippen molar-refractivity contribution in [2.45, 2.75) is 129 Å². The Bertz CT molecular complexity index is 1290. The fourth-order valence-corrected chi connectivity index (χ4v) is 10.5. The number of esters is 3. The quantitative estimate of drug-likeness (QED) is 0.125. The van der Waals surface area contributed by atoms with Gasteiger partial charge in [-0.15, -0.1) is 0 Å². The Morgan fingerprint density at radius 1 is 0.891 bits per heavy atom. The van der Waals surface area contributed by atoms with Gasteiger partial charge in [-0.25, -0.2) is 0 Å². The van der Waals surface area contributed by atoms with Gasteiger partial charge in [0.1, 0.15) is 12.2 Å². The van der Waals surface area contributed by atoms with Crippen LogP contribution in [0.5, 0.6) is 0 Å². The molecule has 4 aliphatic carbocycles. The molecule has 15 heteroatoms. The molecular formula is C31H45F5O9S. The van der Waals surface area contributed by atoms with E-state index >= 15 is 0 Å². The average Bonchev–Trinajstić information content (AvgIpc) is 3.26. The monoisotopic (exact) mass is 688 g/mol. The molecule has 0 aromatic heterocycles. The van der Waals surface area contributed by atoms with Crippen LogP contribution in [0.25, 0.3) is 0 Å². The van der Waals surface area contributed by atoms with Crippen LogP contribution in [0.2, 0.25) is 0 Å². The van der Waals surface area contributed by atoms with Gasteiger partial charge in [-0.1, -0.05) is 20.8 Å². The Hall–Kier alpha value is -2.03. The van der Waals surface area contributed by atoms with Crippen molar-refractivity contribution in [2.24, 2.45) is 46.3 Å². The molecule has 0 amide bonds. The molecule has 1 N–H and O–H groups in total. The standard InChI is InChI=1S/C31H45F5O9S/c1-16(6-9-25(39)45-27(30(32,33)34)31(35,36)46(40,41)42)21-7-8-22-26-23(11-13-29(21,22)5)28(4)12-10-20(43-17(2)37)14-19(28)15-24(26)44-18(3)38/h16,19-24,26-27H,6-15H2,1-5H3,(H,40,41,42)/t16-,19?,20-,21-,22+,23+,24-,26+,27?,28+,29-/m1/s1. The van der Waals surface area contributed by atoms with Crippen LogP contribution >= 0.6 is 0 Å². The van der Waals surface area contributed by atoms with Gasteiger partial charge in [0.25, 0.3) is 6.10 Å². The summed E-state index contributed by atoms with van der Waals surface area (Å²) in [6.07, 6.45) is -5.13. The summed E-state index contributed by atoms with van der Waals surface area (Å²) in [4.78, 5) is 36.3. The molecule has 11 atom stereocenters. The fourth-order valence-electron chi connectivity index (χ4n) is 10.0. The number of ether oxygens (including phenoxy) is 3. The van der Waals surface area contributed by atoms with E-state index in [2.05, 4.69) is 18.6 Å². The van der Waals surface area contributed by atoms with E-state index in [-0.39, 0.29) is 76.9 Å². The van der Waals surface area contributed by atoms with E-state index in [0.29, 0.717) is 12.8 Å². The van der Waals surface area contributed by atoms with Crippen LogP contribution in [0.15, 0.2) is 0 Å². The van der Waals surface area contributed by atoms with Crippen LogP contribution < -0.4 is 0 Å². The minimum Gasteiger partial charge on any atom is -0.463 e. The van der Waals surface area contributed by atoms with Crippen molar-refractivity contribution < 1.29 is 63.5 Å². The summed E-state index contributed by atoms with van der Waals surface area (Å²) >= 11 is 0. The molecule has 9 nitrogen and oxygen atoms in total. The molecule has 2 unspecified atom stereocenters. The lowest BCUT2D eigenvalue weighted by Gasteiger charge is -2.62.